The first kappa shape index (κ1) is 21.5. The number of hydrogen-bond donors (Lipinski definition) is 0. The van der Waals surface area contributed by atoms with Crippen molar-refractivity contribution >= 4 is 13.7 Å². The van der Waals surface area contributed by atoms with E-state index in [-0.39, 0.29) is 13.2 Å². The maximum absolute atomic E-state index is 13.4. The van der Waals surface area contributed by atoms with E-state index in [1.807, 2.05) is 0 Å². The van der Waals surface area contributed by atoms with Crippen LogP contribution in [-0.4, -0.2) is 26.5 Å². The van der Waals surface area contributed by atoms with Crippen molar-refractivity contribution in [3.8, 4) is 5.75 Å². The largest absolute Gasteiger partial charge is 0.497 e. The summed E-state index contributed by atoms with van der Waals surface area (Å²) >= 11 is 0. The molecule has 0 aliphatic carbocycles. The predicted molar refractivity (Wildman–Crippen MR) is 91.6 cm³/mol. The van der Waals surface area contributed by atoms with Crippen LogP contribution in [0.25, 0.3) is 6.08 Å². The van der Waals surface area contributed by atoms with Crippen LogP contribution in [0.15, 0.2) is 41.2 Å². The van der Waals surface area contributed by atoms with Crippen LogP contribution in [0.4, 0.5) is 13.2 Å². The van der Waals surface area contributed by atoms with Gasteiger partial charge in [-0.3, -0.25) is 4.57 Å². The van der Waals surface area contributed by atoms with E-state index in [9.17, 15) is 17.7 Å². The van der Waals surface area contributed by atoms with E-state index in [1.54, 1.807) is 38.1 Å². The fourth-order valence-corrected chi connectivity index (χ4v) is 3.67. The van der Waals surface area contributed by atoms with Gasteiger partial charge in [-0.25, -0.2) is 0 Å². The van der Waals surface area contributed by atoms with Gasteiger partial charge in [-0.2, -0.15) is 13.2 Å². The molecule has 4 nitrogen and oxygen atoms in total. The van der Waals surface area contributed by atoms with Crippen LogP contribution >= 0.6 is 7.60 Å². The van der Waals surface area contributed by atoms with Crippen molar-refractivity contribution in [1.29, 1.82) is 0 Å². The molecule has 0 unspecified atom stereocenters. The summed E-state index contributed by atoms with van der Waals surface area (Å²) in [5.41, 5.74) is -0.508. The maximum Gasteiger partial charge on any atom is 0.416 e. The Balaban J connectivity index is 3.31. The third-order valence-corrected chi connectivity index (χ3v) is 5.52. The highest BCUT2D eigenvalue weighted by Gasteiger charge is 2.40. The first-order valence-electron chi connectivity index (χ1n) is 7.67. The lowest BCUT2D eigenvalue weighted by atomic mass is 10.1. The Kier molecular flexibility index (Phi) is 7.93. The second kappa shape index (κ2) is 9.22. The quantitative estimate of drug-likeness (QED) is 0.423. The summed E-state index contributed by atoms with van der Waals surface area (Å²) in [5, 5.41) is -0.464. The molecule has 0 radical (unpaired) electrons. The highest BCUT2D eigenvalue weighted by Crippen LogP contribution is 2.58. The molecule has 140 valence electrons. The smallest absolute Gasteiger partial charge is 0.416 e. The average Bonchev–Trinajstić information content (AvgIpc) is 2.54. The summed E-state index contributed by atoms with van der Waals surface area (Å²) in [6, 6.07) is 6.50. The molecule has 0 amide bonds. The van der Waals surface area contributed by atoms with Crippen molar-refractivity contribution in [2.75, 3.05) is 20.3 Å². The van der Waals surface area contributed by atoms with E-state index in [2.05, 4.69) is 0 Å². The number of alkyl halides is 3. The molecule has 0 saturated carbocycles. The molecule has 1 aromatic rings. The van der Waals surface area contributed by atoms with Crippen LogP contribution in [-0.2, 0) is 13.6 Å². The van der Waals surface area contributed by atoms with Crippen molar-refractivity contribution in [3.63, 3.8) is 0 Å². The van der Waals surface area contributed by atoms with Crippen molar-refractivity contribution in [2.45, 2.75) is 26.9 Å². The molecule has 0 heterocycles. The molecule has 0 aliphatic rings. The minimum atomic E-state index is -4.70. The van der Waals surface area contributed by atoms with Crippen molar-refractivity contribution < 1.29 is 31.5 Å². The van der Waals surface area contributed by atoms with Crippen LogP contribution < -0.4 is 4.74 Å². The van der Waals surface area contributed by atoms with E-state index < -0.39 is 24.7 Å². The summed E-state index contributed by atoms with van der Waals surface area (Å²) in [6.07, 6.45) is -2.53. The number of allylic oxidation sites excluding steroid dienone is 3. The summed E-state index contributed by atoms with van der Waals surface area (Å²) in [7, 11) is -2.51. The van der Waals surface area contributed by atoms with Gasteiger partial charge in [-0.1, -0.05) is 18.2 Å². The molecule has 0 atom stereocenters. The molecule has 0 bridgehead atoms. The molecule has 0 fully saturated rings. The number of rotatable bonds is 8. The molecule has 0 spiro atoms. The molecular weight excluding hydrogens is 356 g/mol. The number of methoxy groups -OCH3 is 1. The summed E-state index contributed by atoms with van der Waals surface area (Å²) in [4.78, 5) is 0. The van der Waals surface area contributed by atoms with Crippen LogP contribution in [0.1, 0.15) is 26.3 Å². The van der Waals surface area contributed by atoms with Gasteiger partial charge in [0, 0.05) is 0 Å². The molecule has 1 aromatic carbocycles. The molecule has 25 heavy (non-hydrogen) atoms. The number of benzene rings is 1. The fraction of sp³-hybridized carbons (Fsp3) is 0.412. The van der Waals surface area contributed by atoms with E-state index in [0.717, 1.165) is 13.0 Å². The van der Waals surface area contributed by atoms with Gasteiger partial charge in [0.25, 0.3) is 0 Å². The molecule has 0 aromatic heterocycles. The summed E-state index contributed by atoms with van der Waals surface area (Å²) < 4.78 is 68.0. The Morgan fingerprint density at radius 2 is 1.64 bits per heavy atom. The molecule has 0 N–H and O–H groups in total. The molecule has 8 heteroatoms. The first-order chi connectivity index (χ1) is 11.7. The zero-order valence-electron chi connectivity index (χ0n) is 14.6. The third kappa shape index (κ3) is 6.03. The van der Waals surface area contributed by atoms with Gasteiger partial charge in [0.1, 0.15) is 5.75 Å². The van der Waals surface area contributed by atoms with E-state index in [4.69, 9.17) is 13.8 Å². The Morgan fingerprint density at radius 1 is 1.12 bits per heavy atom. The van der Waals surface area contributed by atoms with Gasteiger partial charge in [0.2, 0.25) is 0 Å². The molecular formula is C17H22F3O4P. The third-order valence-electron chi connectivity index (χ3n) is 3.26. The minimum absolute atomic E-state index is 0.0258. The van der Waals surface area contributed by atoms with Crippen LogP contribution in [0.3, 0.4) is 0 Å². The Morgan fingerprint density at radius 3 is 2.04 bits per heavy atom. The molecule has 1 rings (SSSR count). The van der Waals surface area contributed by atoms with E-state index >= 15 is 0 Å². The predicted octanol–water partition coefficient (Wildman–Crippen LogP) is 5.81. The molecule has 0 aliphatic heterocycles. The van der Waals surface area contributed by atoms with Gasteiger partial charge in [-0.05, 0) is 44.5 Å². The second-order valence-corrected chi connectivity index (χ2v) is 7.12. The van der Waals surface area contributed by atoms with Crippen molar-refractivity contribution in [3.05, 3.63) is 46.8 Å². The van der Waals surface area contributed by atoms with Gasteiger partial charge in [0.15, 0.2) is 0 Å². The Bertz CT molecular complexity index is 653. The normalized spacial score (nSPS) is 13.9. The average molecular weight is 378 g/mol. The van der Waals surface area contributed by atoms with Crippen LogP contribution in [0, 0.1) is 0 Å². The van der Waals surface area contributed by atoms with Crippen LogP contribution in [0.5, 0.6) is 5.75 Å². The SMILES string of the molecule is CCOP(=O)(OCC)/C(C)=C(\C=C\c1ccc(OC)cc1)C(F)(F)F. The van der Waals surface area contributed by atoms with Gasteiger partial charge in [-0.15, -0.1) is 0 Å². The first-order valence-corrected chi connectivity index (χ1v) is 9.22. The Labute approximate surface area is 145 Å². The highest BCUT2D eigenvalue weighted by atomic mass is 31.2. The Hall–Kier alpha value is -1.56. The van der Waals surface area contributed by atoms with Gasteiger partial charge >= 0.3 is 13.8 Å². The monoisotopic (exact) mass is 378 g/mol. The zero-order chi connectivity index (χ0) is 19.1. The van der Waals surface area contributed by atoms with Gasteiger partial charge < -0.3 is 13.8 Å². The van der Waals surface area contributed by atoms with Crippen LogP contribution in [0.2, 0.25) is 0 Å². The summed E-state index contributed by atoms with van der Waals surface area (Å²) in [6.45, 7) is 4.15. The number of ether oxygens (including phenoxy) is 1. The standard InChI is InChI=1S/C17H22F3O4P/c1-5-23-25(21,24-6-2)13(3)16(17(18,19)20)12-9-14-7-10-15(22-4)11-8-14/h7-12H,5-6H2,1-4H3/b12-9+,16-13+. The topological polar surface area (TPSA) is 44.8 Å². The lowest BCUT2D eigenvalue weighted by Gasteiger charge is -2.21. The lowest BCUT2D eigenvalue weighted by Crippen LogP contribution is -2.13. The zero-order valence-corrected chi connectivity index (χ0v) is 15.5. The number of halogens is 3. The number of hydrogen-bond acceptors (Lipinski definition) is 4. The fourth-order valence-electron chi connectivity index (χ4n) is 2.03. The van der Waals surface area contributed by atoms with Crippen molar-refractivity contribution in [1.82, 2.24) is 0 Å². The maximum atomic E-state index is 13.4. The van der Waals surface area contributed by atoms with Crippen molar-refractivity contribution in [2.24, 2.45) is 0 Å². The van der Waals surface area contributed by atoms with E-state index in [1.165, 1.54) is 13.2 Å². The van der Waals surface area contributed by atoms with Gasteiger partial charge in [0.05, 0.1) is 31.2 Å². The second-order valence-electron chi connectivity index (χ2n) is 4.94. The summed E-state index contributed by atoms with van der Waals surface area (Å²) in [5.74, 6) is 0.595. The minimum Gasteiger partial charge on any atom is -0.497 e. The molecule has 0 saturated heterocycles. The van der Waals surface area contributed by atoms with E-state index in [0.29, 0.717) is 11.3 Å². The lowest BCUT2D eigenvalue weighted by molar-refractivity contribution is -0.0887. The highest BCUT2D eigenvalue weighted by molar-refractivity contribution is 7.58.